The summed E-state index contributed by atoms with van der Waals surface area (Å²) in [5, 5.41) is 3.33. The van der Waals surface area contributed by atoms with E-state index in [0.717, 1.165) is 18.5 Å². The average Bonchev–Trinajstić information content (AvgIpc) is 2.98. The van der Waals surface area contributed by atoms with Crippen molar-refractivity contribution in [1.29, 1.82) is 0 Å². The zero-order chi connectivity index (χ0) is 30.1. The van der Waals surface area contributed by atoms with Crippen molar-refractivity contribution < 1.29 is 0 Å². The zero-order valence-corrected chi connectivity index (χ0v) is 29.7. The highest BCUT2D eigenvalue weighted by Crippen LogP contribution is 2.25. The van der Waals surface area contributed by atoms with E-state index < -0.39 is 0 Å². The molecule has 0 fully saturated rings. The van der Waals surface area contributed by atoms with Gasteiger partial charge in [-0.25, -0.2) is 0 Å². The number of hydrogen-bond donors (Lipinski definition) is 1. The predicted octanol–water partition coefficient (Wildman–Crippen LogP) is 12.9. The van der Waals surface area contributed by atoms with E-state index in [0.29, 0.717) is 0 Å². The Labute approximate surface area is 262 Å². The normalized spacial score (nSPS) is 12.7. The molecule has 1 atom stereocenters. The van der Waals surface area contributed by atoms with E-state index in [-0.39, 0.29) is 0 Å². The molecule has 0 saturated heterocycles. The summed E-state index contributed by atoms with van der Waals surface area (Å²) in [7, 11) is 4.47. The van der Waals surface area contributed by atoms with Gasteiger partial charge in [0.05, 0.1) is 0 Å². The van der Waals surface area contributed by atoms with Crippen LogP contribution in [0.2, 0.25) is 0 Å². The van der Waals surface area contributed by atoms with E-state index in [4.69, 9.17) is 0 Å². The molecule has 0 aliphatic heterocycles. The number of hydrogen-bond acceptors (Lipinski definition) is 2. The number of unbranched alkanes of at least 4 members (excludes halogenated alkanes) is 20. The van der Waals surface area contributed by atoms with Crippen LogP contribution in [-0.2, 0) is 0 Å². The van der Waals surface area contributed by atoms with Crippen molar-refractivity contribution in [3.05, 3.63) is 0 Å². The minimum absolute atomic E-state index is 0.810. The van der Waals surface area contributed by atoms with Crippen LogP contribution in [0, 0.1) is 5.92 Å². The summed E-state index contributed by atoms with van der Waals surface area (Å²) in [5.74, 6) is 1.03. The molecule has 0 aliphatic carbocycles. The lowest BCUT2D eigenvalue weighted by atomic mass is 9.89. The molecule has 2 nitrogen and oxygen atoms in total. The van der Waals surface area contributed by atoms with E-state index >= 15 is 0 Å². The third-order valence-corrected chi connectivity index (χ3v) is 9.78. The van der Waals surface area contributed by atoms with Crippen LogP contribution >= 0.6 is 0 Å². The van der Waals surface area contributed by atoms with Gasteiger partial charge in [-0.2, -0.15) is 0 Å². The monoisotopic (exact) mass is 579 g/mol. The maximum atomic E-state index is 3.33. The zero-order valence-electron chi connectivity index (χ0n) is 29.7. The van der Waals surface area contributed by atoms with E-state index in [1.54, 1.807) is 0 Å². The summed E-state index contributed by atoms with van der Waals surface area (Å²) in [5.41, 5.74) is 0. The second kappa shape index (κ2) is 34.4. The van der Waals surface area contributed by atoms with Gasteiger partial charge in [-0.05, 0) is 52.4 Å². The van der Waals surface area contributed by atoms with Gasteiger partial charge in [-0.3, -0.25) is 0 Å². The average molecular weight is 579 g/mol. The molecule has 0 aliphatic rings. The van der Waals surface area contributed by atoms with Crippen LogP contribution in [0.25, 0.3) is 0 Å². The minimum atomic E-state index is 0.810. The van der Waals surface area contributed by atoms with Gasteiger partial charge in [0.2, 0.25) is 0 Å². The number of rotatable bonds is 35. The van der Waals surface area contributed by atoms with E-state index in [2.05, 4.69) is 45.1 Å². The van der Waals surface area contributed by atoms with Crippen LogP contribution in [0.4, 0.5) is 0 Å². The molecule has 0 heterocycles. The highest BCUT2D eigenvalue weighted by Gasteiger charge is 2.14. The predicted molar refractivity (Wildman–Crippen MR) is 189 cm³/mol. The number of nitrogens with one attached hydrogen (secondary N) is 1. The molecule has 0 bridgehead atoms. The maximum Gasteiger partial charge on any atom is 0.00922 e. The summed E-state index contributed by atoms with van der Waals surface area (Å²) in [6.45, 7) is 9.39. The second-order valence-corrected chi connectivity index (χ2v) is 13.8. The molecule has 0 rings (SSSR count). The Morgan fingerprint density at radius 2 is 0.732 bits per heavy atom. The summed E-state index contributed by atoms with van der Waals surface area (Å²) in [6.07, 6.45) is 43.5. The van der Waals surface area contributed by atoms with Crippen LogP contribution in [0.3, 0.4) is 0 Å². The van der Waals surface area contributed by atoms with Crippen LogP contribution in [0.1, 0.15) is 213 Å². The van der Waals surface area contributed by atoms with Crippen molar-refractivity contribution in [2.45, 2.75) is 219 Å². The highest BCUT2D eigenvalue weighted by atomic mass is 15.1. The van der Waals surface area contributed by atoms with Gasteiger partial charge in [-0.1, -0.05) is 194 Å². The minimum Gasteiger partial charge on any atom is -0.320 e. The largest absolute Gasteiger partial charge is 0.320 e. The van der Waals surface area contributed by atoms with Crippen LogP contribution in [-0.4, -0.2) is 38.1 Å². The van der Waals surface area contributed by atoms with Crippen molar-refractivity contribution in [3.8, 4) is 0 Å². The Bertz CT molecular complexity index is 452. The fraction of sp³-hybridized carbons (Fsp3) is 1.00. The molecular formula is C39H82N2. The molecule has 0 radical (unpaired) electrons. The van der Waals surface area contributed by atoms with Crippen molar-refractivity contribution in [2.24, 2.45) is 5.92 Å². The first-order chi connectivity index (χ1) is 20.2. The molecule has 1 N–H and O–H groups in total. The first-order valence-corrected chi connectivity index (χ1v) is 19.5. The lowest BCUT2D eigenvalue weighted by Crippen LogP contribution is -2.33. The molecule has 0 spiro atoms. The first-order valence-electron chi connectivity index (χ1n) is 19.5. The third kappa shape index (κ3) is 29.8. The van der Waals surface area contributed by atoms with E-state index in [9.17, 15) is 0 Å². The molecule has 0 aromatic heterocycles. The van der Waals surface area contributed by atoms with Gasteiger partial charge in [0.1, 0.15) is 0 Å². The molecule has 0 amide bonds. The summed E-state index contributed by atoms with van der Waals surface area (Å²) < 4.78 is 0. The van der Waals surface area contributed by atoms with Crippen molar-refractivity contribution >= 4 is 0 Å². The van der Waals surface area contributed by atoms with Crippen molar-refractivity contribution in [3.63, 3.8) is 0 Å². The van der Waals surface area contributed by atoms with Gasteiger partial charge >= 0.3 is 0 Å². The maximum absolute atomic E-state index is 3.33. The smallest absolute Gasteiger partial charge is 0.00922 e. The summed E-state index contributed by atoms with van der Waals surface area (Å²) in [4.78, 5) is 2.69. The topological polar surface area (TPSA) is 15.3 Å². The van der Waals surface area contributed by atoms with Gasteiger partial charge in [0, 0.05) is 6.04 Å². The van der Waals surface area contributed by atoms with E-state index in [1.165, 1.54) is 199 Å². The Morgan fingerprint density at radius 1 is 0.415 bits per heavy atom. The molecule has 2 heteroatoms. The second-order valence-electron chi connectivity index (χ2n) is 13.8. The Morgan fingerprint density at radius 3 is 1.10 bits per heavy atom. The third-order valence-electron chi connectivity index (χ3n) is 9.78. The van der Waals surface area contributed by atoms with Crippen LogP contribution in [0.5, 0.6) is 0 Å². The SMILES string of the molecule is CCCCCCCCCC(CCCCCCCCCCCC(CCCCCC)CCCCCC)N(C)CCCNC. The Balaban J connectivity index is 3.96. The molecular weight excluding hydrogens is 496 g/mol. The highest BCUT2D eigenvalue weighted by molar-refractivity contribution is 4.70. The molecule has 41 heavy (non-hydrogen) atoms. The standard InChI is InChI=1S/C39H82N2/c1-6-9-12-15-19-23-28-34-39(41(5)37-30-36-40-4)35-29-24-21-18-16-17-20-22-27-33-38(31-25-13-10-7-2)32-26-14-11-8-3/h38-40H,6-37H2,1-5H3. The van der Waals surface area contributed by atoms with E-state index in [1.807, 2.05) is 0 Å². The lowest BCUT2D eigenvalue weighted by molar-refractivity contribution is 0.207. The fourth-order valence-corrected chi connectivity index (χ4v) is 6.81. The Kier molecular flexibility index (Phi) is 34.3. The quantitative estimate of drug-likeness (QED) is 0.0752. The Hall–Kier alpha value is -0.0800. The van der Waals surface area contributed by atoms with Crippen molar-refractivity contribution in [1.82, 2.24) is 10.2 Å². The van der Waals surface area contributed by atoms with Crippen molar-refractivity contribution in [2.75, 3.05) is 27.2 Å². The molecule has 1 unspecified atom stereocenters. The van der Waals surface area contributed by atoms with Crippen LogP contribution in [0.15, 0.2) is 0 Å². The van der Waals surface area contributed by atoms with Gasteiger partial charge in [-0.15, -0.1) is 0 Å². The first kappa shape index (κ1) is 40.9. The molecule has 248 valence electrons. The van der Waals surface area contributed by atoms with Gasteiger partial charge in [0.25, 0.3) is 0 Å². The molecule has 0 saturated carbocycles. The van der Waals surface area contributed by atoms with Crippen LogP contribution < -0.4 is 5.32 Å². The van der Waals surface area contributed by atoms with Gasteiger partial charge in [0.15, 0.2) is 0 Å². The molecule has 0 aromatic carbocycles. The number of nitrogens with zero attached hydrogens (tertiary/aromatic N) is 1. The molecule has 0 aromatic rings. The lowest BCUT2D eigenvalue weighted by Gasteiger charge is -2.28. The fourth-order valence-electron chi connectivity index (χ4n) is 6.81. The summed E-state index contributed by atoms with van der Waals surface area (Å²) in [6, 6.07) is 0.810. The van der Waals surface area contributed by atoms with Gasteiger partial charge < -0.3 is 10.2 Å². The summed E-state index contributed by atoms with van der Waals surface area (Å²) >= 11 is 0.